The molecule has 0 aliphatic heterocycles. The molecule has 0 aliphatic rings. The van der Waals surface area contributed by atoms with E-state index < -0.39 is 0 Å². The molecule has 0 fully saturated rings. The van der Waals surface area contributed by atoms with Gasteiger partial charge in [0.1, 0.15) is 0 Å². The van der Waals surface area contributed by atoms with Crippen LogP contribution in [0.25, 0.3) is 0 Å². The molecule has 0 amide bonds. The van der Waals surface area contributed by atoms with Crippen molar-refractivity contribution in [2.75, 3.05) is 13.2 Å². The Bertz CT molecular complexity index is 106. The summed E-state index contributed by atoms with van der Waals surface area (Å²) in [7, 11) is 0. The summed E-state index contributed by atoms with van der Waals surface area (Å²) in [6.45, 7) is 6.83. The predicted octanol–water partition coefficient (Wildman–Crippen LogP) is 1.80. The highest BCUT2D eigenvalue weighted by Gasteiger charge is 2.17. The van der Waals surface area contributed by atoms with Gasteiger partial charge in [0.15, 0.2) is 0 Å². The third kappa shape index (κ3) is 4.73. The van der Waals surface area contributed by atoms with E-state index in [0.717, 1.165) is 19.3 Å². The van der Waals surface area contributed by atoms with Crippen molar-refractivity contribution in [2.45, 2.75) is 40.0 Å². The summed E-state index contributed by atoms with van der Waals surface area (Å²) >= 11 is 0. The van der Waals surface area contributed by atoms with Crippen molar-refractivity contribution < 1.29 is 10.2 Å². The third-order valence-corrected chi connectivity index (χ3v) is 2.70. The summed E-state index contributed by atoms with van der Waals surface area (Å²) in [6, 6.07) is 0. The third-order valence-electron chi connectivity index (χ3n) is 2.70. The average molecular weight is 174 g/mol. The highest BCUT2D eigenvalue weighted by atomic mass is 16.3. The zero-order valence-corrected chi connectivity index (χ0v) is 8.51. The Morgan fingerprint density at radius 3 is 2.00 bits per heavy atom. The van der Waals surface area contributed by atoms with Gasteiger partial charge in [-0.1, -0.05) is 27.2 Å². The Hall–Kier alpha value is -0.0800. The fraction of sp³-hybridized carbons (Fsp3) is 1.00. The van der Waals surface area contributed by atoms with E-state index >= 15 is 0 Å². The zero-order chi connectivity index (χ0) is 9.61. The fourth-order valence-corrected chi connectivity index (χ4v) is 1.01. The molecule has 2 N–H and O–H groups in total. The van der Waals surface area contributed by atoms with Crippen molar-refractivity contribution in [3.05, 3.63) is 0 Å². The van der Waals surface area contributed by atoms with Gasteiger partial charge in [0, 0.05) is 19.1 Å². The van der Waals surface area contributed by atoms with E-state index in [1.807, 2.05) is 0 Å². The summed E-state index contributed by atoms with van der Waals surface area (Å²) in [5.41, 5.74) is 0.350. The SMILES string of the molecule is CCC(C)(C)CCC(CO)CO. The van der Waals surface area contributed by atoms with E-state index in [9.17, 15) is 0 Å². The second-order valence-electron chi connectivity index (χ2n) is 4.29. The molecule has 0 saturated carbocycles. The van der Waals surface area contributed by atoms with Gasteiger partial charge in [-0.2, -0.15) is 0 Å². The number of hydrogen-bond acceptors (Lipinski definition) is 2. The first-order valence-electron chi connectivity index (χ1n) is 4.77. The van der Waals surface area contributed by atoms with E-state index in [1.54, 1.807) is 0 Å². The molecule has 12 heavy (non-hydrogen) atoms. The average Bonchev–Trinajstić information content (AvgIpc) is 2.06. The lowest BCUT2D eigenvalue weighted by Gasteiger charge is -2.24. The second-order valence-corrected chi connectivity index (χ2v) is 4.29. The van der Waals surface area contributed by atoms with Crippen LogP contribution in [0.5, 0.6) is 0 Å². The summed E-state index contributed by atoms with van der Waals surface area (Å²) < 4.78 is 0. The topological polar surface area (TPSA) is 40.5 Å². The van der Waals surface area contributed by atoms with Gasteiger partial charge in [-0.25, -0.2) is 0 Å². The van der Waals surface area contributed by atoms with Crippen molar-refractivity contribution in [3.63, 3.8) is 0 Å². The van der Waals surface area contributed by atoms with Crippen LogP contribution < -0.4 is 0 Å². The Morgan fingerprint density at radius 2 is 1.67 bits per heavy atom. The first-order chi connectivity index (χ1) is 5.55. The minimum atomic E-state index is 0.0795. The van der Waals surface area contributed by atoms with Gasteiger partial charge in [0.05, 0.1) is 0 Å². The minimum absolute atomic E-state index is 0.0795. The van der Waals surface area contributed by atoms with Crippen LogP contribution in [-0.2, 0) is 0 Å². The monoisotopic (exact) mass is 174 g/mol. The van der Waals surface area contributed by atoms with Crippen LogP contribution in [0.2, 0.25) is 0 Å². The van der Waals surface area contributed by atoms with Crippen LogP contribution in [0.4, 0.5) is 0 Å². The normalized spacial score (nSPS) is 12.5. The molecule has 0 rings (SSSR count). The molecule has 2 heteroatoms. The molecule has 0 unspecified atom stereocenters. The number of rotatable bonds is 6. The van der Waals surface area contributed by atoms with Gasteiger partial charge in [-0.3, -0.25) is 0 Å². The van der Waals surface area contributed by atoms with Crippen molar-refractivity contribution in [3.8, 4) is 0 Å². The van der Waals surface area contributed by atoms with Crippen molar-refractivity contribution in [1.82, 2.24) is 0 Å². The van der Waals surface area contributed by atoms with Gasteiger partial charge in [0.25, 0.3) is 0 Å². The standard InChI is InChI=1S/C10H22O2/c1-4-10(2,3)6-5-9(7-11)8-12/h9,11-12H,4-8H2,1-3H3. The van der Waals surface area contributed by atoms with Gasteiger partial charge >= 0.3 is 0 Å². The second kappa shape index (κ2) is 5.55. The molecule has 0 aromatic carbocycles. The smallest absolute Gasteiger partial charge is 0.0481 e. The molecule has 0 atom stereocenters. The Balaban J connectivity index is 3.65. The molecule has 0 spiro atoms. The molecule has 0 saturated heterocycles. The van der Waals surface area contributed by atoms with E-state index in [0.29, 0.717) is 5.41 Å². The van der Waals surface area contributed by atoms with Crippen molar-refractivity contribution in [2.24, 2.45) is 11.3 Å². The highest BCUT2D eigenvalue weighted by Crippen LogP contribution is 2.27. The highest BCUT2D eigenvalue weighted by molar-refractivity contribution is 4.68. The molecule has 0 aromatic rings. The molecule has 0 radical (unpaired) electrons. The first kappa shape index (κ1) is 11.9. The predicted molar refractivity (Wildman–Crippen MR) is 51.0 cm³/mol. The Morgan fingerprint density at radius 1 is 1.17 bits per heavy atom. The van der Waals surface area contributed by atoms with Crippen LogP contribution in [0, 0.1) is 11.3 Å². The molecule has 74 valence electrons. The van der Waals surface area contributed by atoms with Crippen molar-refractivity contribution >= 4 is 0 Å². The van der Waals surface area contributed by atoms with Gasteiger partial charge < -0.3 is 10.2 Å². The van der Waals surface area contributed by atoms with Crippen LogP contribution in [0.1, 0.15) is 40.0 Å². The van der Waals surface area contributed by atoms with Crippen LogP contribution in [0.3, 0.4) is 0 Å². The lowest BCUT2D eigenvalue weighted by atomic mass is 9.83. The molecular weight excluding hydrogens is 152 g/mol. The molecule has 0 heterocycles. The maximum atomic E-state index is 8.84. The lowest BCUT2D eigenvalue weighted by Crippen LogP contribution is -2.16. The lowest BCUT2D eigenvalue weighted by molar-refractivity contribution is 0.130. The zero-order valence-electron chi connectivity index (χ0n) is 8.51. The first-order valence-corrected chi connectivity index (χ1v) is 4.77. The maximum Gasteiger partial charge on any atom is 0.0481 e. The molecular formula is C10H22O2. The molecule has 0 bridgehead atoms. The molecule has 2 nitrogen and oxygen atoms in total. The minimum Gasteiger partial charge on any atom is -0.396 e. The Labute approximate surface area is 75.6 Å². The number of aliphatic hydroxyl groups is 2. The Kier molecular flexibility index (Phi) is 5.51. The van der Waals surface area contributed by atoms with E-state index in [2.05, 4.69) is 20.8 Å². The summed E-state index contributed by atoms with van der Waals surface area (Å²) in [5.74, 6) is 0.0795. The molecule has 0 aliphatic carbocycles. The summed E-state index contributed by atoms with van der Waals surface area (Å²) in [6.07, 6.45) is 3.15. The van der Waals surface area contributed by atoms with Crippen LogP contribution in [0.15, 0.2) is 0 Å². The quantitative estimate of drug-likeness (QED) is 0.644. The molecule has 0 aromatic heterocycles. The van der Waals surface area contributed by atoms with E-state index in [-0.39, 0.29) is 19.1 Å². The number of aliphatic hydroxyl groups excluding tert-OH is 2. The van der Waals surface area contributed by atoms with Gasteiger partial charge in [-0.15, -0.1) is 0 Å². The number of hydrogen-bond donors (Lipinski definition) is 2. The van der Waals surface area contributed by atoms with Crippen LogP contribution in [-0.4, -0.2) is 23.4 Å². The summed E-state index contributed by atoms with van der Waals surface area (Å²) in [5, 5.41) is 17.7. The largest absolute Gasteiger partial charge is 0.396 e. The van der Waals surface area contributed by atoms with Crippen molar-refractivity contribution in [1.29, 1.82) is 0 Å². The van der Waals surface area contributed by atoms with Crippen LogP contribution >= 0.6 is 0 Å². The maximum absolute atomic E-state index is 8.84. The van der Waals surface area contributed by atoms with E-state index in [1.165, 1.54) is 0 Å². The fourth-order valence-electron chi connectivity index (χ4n) is 1.01. The van der Waals surface area contributed by atoms with Gasteiger partial charge in [-0.05, 0) is 18.3 Å². The van der Waals surface area contributed by atoms with Gasteiger partial charge in [0.2, 0.25) is 0 Å². The van der Waals surface area contributed by atoms with E-state index in [4.69, 9.17) is 10.2 Å². The summed E-state index contributed by atoms with van der Waals surface area (Å²) in [4.78, 5) is 0.